The van der Waals surface area contributed by atoms with Crippen LogP contribution in [-0.4, -0.2) is 29.9 Å². The Hall–Kier alpha value is -9.78. The monoisotopic (exact) mass is 972 g/mol. The number of hydrogen-bond acceptors (Lipinski definition) is 6. The molecule has 2 heterocycles. The third-order valence-electron chi connectivity index (χ3n) is 15.5. The van der Waals surface area contributed by atoms with Crippen LogP contribution >= 0.6 is 0 Å². The van der Waals surface area contributed by atoms with Gasteiger partial charge in [0.05, 0.1) is 5.41 Å². The highest BCUT2D eigenvalue weighted by atomic mass is 15.0. The topological polar surface area (TPSA) is 77.3 Å². The van der Waals surface area contributed by atoms with Crippen molar-refractivity contribution in [2.75, 3.05) is 0 Å². The predicted molar refractivity (Wildman–Crippen MR) is 306 cm³/mol. The van der Waals surface area contributed by atoms with Crippen LogP contribution in [0.15, 0.2) is 255 Å². The molecule has 2 aliphatic rings. The molecule has 0 amide bonds. The Morgan fingerprint density at radius 3 is 1.13 bits per heavy atom. The number of benzene rings is 10. The zero-order valence-electron chi connectivity index (χ0n) is 41.9. The highest BCUT2D eigenvalue weighted by Crippen LogP contribution is 2.63. The molecule has 6 heteroatoms. The van der Waals surface area contributed by atoms with Crippen LogP contribution in [0.3, 0.4) is 0 Å². The summed E-state index contributed by atoms with van der Waals surface area (Å²) in [6.07, 6.45) is 0. The molecule has 6 nitrogen and oxygen atoms in total. The maximum absolute atomic E-state index is 5.45. The number of nitrogens with zero attached hydrogens (tertiary/aromatic N) is 6. The molecule has 76 heavy (non-hydrogen) atoms. The second-order valence-electron chi connectivity index (χ2n) is 20.2. The first-order chi connectivity index (χ1) is 37.4. The first-order valence-corrected chi connectivity index (χ1v) is 25.9. The van der Waals surface area contributed by atoms with Gasteiger partial charge in [-0.1, -0.05) is 263 Å². The Labute approximate surface area is 442 Å². The van der Waals surface area contributed by atoms with Gasteiger partial charge in [-0.3, -0.25) is 0 Å². The number of fused-ring (bicyclic) bond motifs is 9. The zero-order valence-corrected chi connectivity index (χ0v) is 41.9. The summed E-state index contributed by atoms with van der Waals surface area (Å²) in [4.78, 5) is 32.0. The number of aromatic nitrogens is 6. The summed E-state index contributed by atoms with van der Waals surface area (Å²) in [5, 5.41) is 0. The first kappa shape index (κ1) is 44.9. The van der Waals surface area contributed by atoms with Gasteiger partial charge in [0.25, 0.3) is 0 Å². The normalized spacial score (nSPS) is 13.3. The molecular formula is C70H48N6. The first-order valence-electron chi connectivity index (χ1n) is 25.9. The van der Waals surface area contributed by atoms with Gasteiger partial charge in [0.1, 0.15) is 0 Å². The molecule has 10 aromatic carbocycles. The standard InChI is InChI=1S/C70H48N6/c1-69(2)57-33-17-19-35-59(57)70(60-36-20-18-34-58(60)69)56-43-42-51(66-72-64(49-28-13-6-14-29-49)73-67(76-66)53-31-16-15-30-52(53)47-24-9-4-10-25-47)44-55(56)62-54(32-21-37-61(62)70)68-74-63(48-26-11-5-12-27-48)71-65(75-68)50-40-38-46(39-41-50)45-22-7-3-8-23-45/h3-44H,1-2H3. The Morgan fingerprint density at radius 2 is 0.579 bits per heavy atom. The summed E-state index contributed by atoms with van der Waals surface area (Å²) < 4.78 is 0. The van der Waals surface area contributed by atoms with E-state index < -0.39 is 5.41 Å². The molecule has 0 bridgehead atoms. The Kier molecular flexibility index (Phi) is 10.6. The van der Waals surface area contributed by atoms with Crippen molar-refractivity contribution in [2.45, 2.75) is 24.7 Å². The van der Waals surface area contributed by atoms with Crippen molar-refractivity contribution in [3.8, 4) is 102 Å². The van der Waals surface area contributed by atoms with Crippen molar-refractivity contribution < 1.29 is 0 Å². The van der Waals surface area contributed by atoms with E-state index in [2.05, 4.69) is 220 Å². The van der Waals surface area contributed by atoms with E-state index in [-0.39, 0.29) is 5.41 Å². The largest absolute Gasteiger partial charge is 0.208 e. The third-order valence-corrected chi connectivity index (χ3v) is 15.5. The quantitative estimate of drug-likeness (QED) is 0.151. The van der Waals surface area contributed by atoms with Crippen LogP contribution in [0.25, 0.3) is 102 Å². The average molecular weight is 973 g/mol. The second kappa shape index (κ2) is 18.0. The van der Waals surface area contributed by atoms with E-state index in [1.807, 2.05) is 48.5 Å². The van der Waals surface area contributed by atoms with Crippen LogP contribution in [-0.2, 0) is 10.8 Å². The molecular weight excluding hydrogens is 925 g/mol. The van der Waals surface area contributed by atoms with Crippen molar-refractivity contribution in [2.24, 2.45) is 0 Å². The van der Waals surface area contributed by atoms with Crippen LogP contribution in [0.5, 0.6) is 0 Å². The molecule has 0 N–H and O–H groups in total. The van der Waals surface area contributed by atoms with E-state index in [4.69, 9.17) is 29.9 Å². The number of hydrogen-bond donors (Lipinski definition) is 0. The van der Waals surface area contributed by atoms with Crippen LogP contribution in [0.4, 0.5) is 0 Å². The van der Waals surface area contributed by atoms with Gasteiger partial charge in [0.15, 0.2) is 34.9 Å². The van der Waals surface area contributed by atoms with Crippen molar-refractivity contribution in [3.05, 3.63) is 288 Å². The fourth-order valence-electron chi connectivity index (χ4n) is 12.0. The molecule has 0 atom stereocenters. The van der Waals surface area contributed by atoms with E-state index >= 15 is 0 Å². The molecule has 0 fully saturated rings. The molecule has 0 saturated heterocycles. The summed E-state index contributed by atoms with van der Waals surface area (Å²) in [6.45, 7) is 4.71. The molecule has 0 radical (unpaired) electrons. The van der Waals surface area contributed by atoms with Gasteiger partial charge < -0.3 is 0 Å². The average Bonchev–Trinajstić information content (AvgIpc) is 3.80. The van der Waals surface area contributed by atoms with Gasteiger partial charge in [-0.2, -0.15) is 0 Å². The molecule has 2 aromatic heterocycles. The molecule has 0 unspecified atom stereocenters. The van der Waals surface area contributed by atoms with Gasteiger partial charge in [-0.25, -0.2) is 29.9 Å². The Bertz CT molecular complexity index is 4130. The minimum atomic E-state index is -0.693. The molecule has 1 spiro atoms. The van der Waals surface area contributed by atoms with Gasteiger partial charge in [-0.05, 0) is 72.8 Å². The summed E-state index contributed by atoms with van der Waals surface area (Å²) in [6, 6.07) is 89.8. The van der Waals surface area contributed by atoms with E-state index in [1.165, 1.54) is 33.4 Å². The van der Waals surface area contributed by atoms with E-state index in [1.54, 1.807) is 0 Å². The molecule has 0 aliphatic heterocycles. The maximum Gasteiger partial charge on any atom is 0.164 e. The predicted octanol–water partition coefficient (Wildman–Crippen LogP) is 16.4. The van der Waals surface area contributed by atoms with E-state index in [0.29, 0.717) is 34.9 Å². The second-order valence-corrected chi connectivity index (χ2v) is 20.2. The Morgan fingerprint density at radius 1 is 0.224 bits per heavy atom. The molecule has 0 saturated carbocycles. The van der Waals surface area contributed by atoms with Gasteiger partial charge in [0, 0.05) is 38.8 Å². The summed E-state index contributed by atoms with van der Waals surface area (Å²) in [5.74, 6) is 3.56. The van der Waals surface area contributed by atoms with Crippen LogP contribution < -0.4 is 0 Å². The highest BCUT2D eigenvalue weighted by molar-refractivity contribution is 5.97. The fourth-order valence-corrected chi connectivity index (χ4v) is 12.0. The SMILES string of the molecule is CC1(C)c2ccccc2C2(c3ccc(-c4nc(-c5ccccc5)nc(-c5ccccc5-c5ccccc5)n4)cc3-c3c(-c4nc(-c5ccccc5)nc(-c5ccc(-c6ccccc6)cc5)n4)cccc32)c2ccccc21. The summed E-state index contributed by atoms with van der Waals surface area (Å²) in [5.41, 5.74) is 18.4. The molecule has 2 aliphatic carbocycles. The zero-order chi connectivity index (χ0) is 50.8. The van der Waals surface area contributed by atoms with Crippen molar-refractivity contribution >= 4 is 0 Å². The highest BCUT2D eigenvalue weighted by Gasteiger charge is 2.54. The lowest BCUT2D eigenvalue weighted by molar-refractivity contribution is 0.563. The van der Waals surface area contributed by atoms with Crippen LogP contribution in [0, 0.1) is 0 Å². The van der Waals surface area contributed by atoms with Gasteiger partial charge in [-0.15, -0.1) is 0 Å². The fraction of sp³-hybridized carbons (Fsp3) is 0.0571. The lowest BCUT2D eigenvalue weighted by Gasteiger charge is -2.46. The van der Waals surface area contributed by atoms with E-state index in [9.17, 15) is 0 Å². The molecule has 12 aromatic rings. The third kappa shape index (κ3) is 7.25. The van der Waals surface area contributed by atoms with Crippen molar-refractivity contribution in [3.63, 3.8) is 0 Å². The lowest BCUT2D eigenvalue weighted by Crippen LogP contribution is -2.40. The lowest BCUT2D eigenvalue weighted by atomic mass is 9.55. The minimum absolute atomic E-state index is 0.270. The molecule has 14 rings (SSSR count). The van der Waals surface area contributed by atoms with Crippen molar-refractivity contribution in [1.82, 2.24) is 29.9 Å². The Balaban J connectivity index is 1.03. The van der Waals surface area contributed by atoms with Crippen LogP contribution in [0.1, 0.15) is 47.2 Å². The van der Waals surface area contributed by atoms with Crippen molar-refractivity contribution in [1.29, 1.82) is 0 Å². The molecule has 358 valence electrons. The van der Waals surface area contributed by atoms with Gasteiger partial charge >= 0.3 is 0 Å². The maximum atomic E-state index is 5.45. The van der Waals surface area contributed by atoms with Crippen LogP contribution in [0.2, 0.25) is 0 Å². The minimum Gasteiger partial charge on any atom is -0.208 e. The smallest absolute Gasteiger partial charge is 0.164 e. The summed E-state index contributed by atoms with van der Waals surface area (Å²) in [7, 11) is 0. The summed E-state index contributed by atoms with van der Waals surface area (Å²) >= 11 is 0. The van der Waals surface area contributed by atoms with Gasteiger partial charge in [0.2, 0.25) is 0 Å². The number of rotatable bonds is 8. The van der Waals surface area contributed by atoms with E-state index in [0.717, 1.165) is 66.8 Å².